The summed E-state index contributed by atoms with van der Waals surface area (Å²) in [5, 5.41) is 0. The molecule has 2 heteroatoms. The third-order valence-electron chi connectivity index (χ3n) is 0.426. The second-order valence-corrected chi connectivity index (χ2v) is 0.886. The summed E-state index contributed by atoms with van der Waals surface area (Å²) in [4.78, 5) is 0. The smallest absolute Gasteiger partial charge is 0.113 e. The Morgan fingerprint density at radius 1 is 1.67 bits per heavy atom. The molecule has 6 heavy (non-hydrogen) atoms. The Balaban J connectivity index is 2.34. The molecule has 0 fully saturated rings. The van der Waals surface area contributed by atoms with Gasteiger partial charge in [0, 0.05) is 6.61 Å². The molecule has 0 N–H and O–H groups in total. The SMILES string of the molecule is CCOCCF. The second kappa shape index (κ2) is 4.89. The highest BCUT2D eigenvalue weighted by atomic mass is 19.1. The lowest BCUT2D eigenvalue weighted by Gasteiger charge is -1.89. The number of ether oxygens (including phenoxy) is 1. The van der Waals surface area contributed by atoms with Crippen molar-refractivity contribution in [2.24, 2.45) is 0 Å². The minimum absolute atomic E-state index is 0.247. The van der Waals surface area contributed by atoms with Gasteiger partial charge in [-0.15, -0.1) is 0 Å². The largest absolute Gasteiger partial charge is 0.379 e. The zero-order valence-electron chi connectivity index (χ0n) is 3.91. The van der Waals surface area contributed by atoms with Crippen LogP contribution in [0.5, 0.6) is 0 Å². The third kappa shape index (κ3) is 3.89. The average Bonchev–Trinajstić information content (AvgIpc) is 1.61. The molecule has 0 rings (SSSR count). The first-order chi connectivity index (χ1) is 2.91. The zero-order chi connectivity index (χ0) is 4.83. The van der Waals surface area contributed by atoms with Crippen LogP contribution in [0.3, 0.4) is 0 Å². The second-order valence-electron chi connectivity index (χ2n) is 0.886. The van der Waals surface area contributed by atoms with Crippen LogP contribution in [-0.4, -0.2) is 19.9 Å². The molecule has 0 amide bonds. The standard InChI is InChI=1S/C4H9FO/c1-2-6-4-3-5/h2-4H2,1H3. The molecule has 0 aliphatic heterocycles. The molecule has 0 aliphatic rings. The normalized spacial score (nSPS) is 9.00. The number of hydrogen-bond donors (Lipinski definition) is 0. The summed E-state index contributed by atoms with van der Waals surface area (Å²) in [7, 11) is 0. The average molecular weight is 92.1 g/mol. The highest BCUT2D eigenvalue weighted by Crippen LogP contribution is 1.71. The summed E-state index contributed by atoms with van der Waals surface area (Å²) in [6, 6.07) is 0. The quantitative estimate of drug-likeness (QED) is 0.472. The van der Waals surface area contributed by atoms with Crippen LogP contribution in [0.4, 0.5) is 4.39 Å². The van der Waals surface area contributed by atoms with Gasteiger partial charge in [-0.05, 0) is 6.92 Å². The van der Waals surface area contributed by atoms with E-state index in [1.165, 1.54) is 0 Å². The highest BCUT2D eigenvalue weighted by Gasteiger charge is 1.75. The van der Waals surface area contributed by atoms with E-state index < -0.39 is 0 Å². The predicted molar refractivity (Wildman–Crippen MR) is 22.5 cm³/mol. The maximum atomic E-state index is 11.1. The van der Waals surface area contributed by atoms with Crippen molar-refractivity contribution in [2.45, 2.75) is 6.92 Å². The molecular formula is C4H9FO. The molecule has 1 nitrogen and oxygen atoms in total. The minimum Gasteiger partial charge on any atom is -0.379 e. The number of rotatable bonds is 3. The van der Waals surface area contributed by atoms with Gasteiger partial charge in [0.25, 0.3) is 0 Å². The van der Waals surface area contributed by atoms with E-state index in [-0.39, 0.29) is 13.3 Å². The summed E-state index contributed by atoms with van der Waals surface area (Å²) < 4.78 is 15.7. The van der Waals surface area contributed by atoms with Crippen molar-refractivity contribution in [3.63, 3.8) is 0 Å². The van der Waals surface area contributed by atoms with Crippen LogP contribution < -0.4 is 0 Å². The maximum absolute atomic E-state index is 11.1. The number of hydrogen-bond acceptors (Lipinski definition) is 1. The van der Waals surface area contributed by atoms with Gasteiger partial charge in [-0.3, -0.25) is 0 Å². The van der Waals surface area contributed by atoms with Gasteiger partial charge in [0.1, 0.15) is 6.67 Å². The fourth-order valence-corrected chi connectivity index (χ4v) is 0.199. The van der Waals surface area contributed by atoms with E-state index in [0.29, 0.717) is 6.61 Å². The van der Waals surface area contributed by atoms with Gasteiger partial charge in [-0.25, -0.2) is 4.39 Å². The number of alkyl halides is 1. The molecule has 38 valence electrons. The fraction of sp³-hybridized carbons (Fsp3) is 1.00. The molecule has 0 aromatic heterocycles. The Kier molecular flexibility index (Phi) is 4.80. The van der Waals surface area contributed by atoms with E-state index >= 15 is 0 Å². The van der Waals surface area contributed by atoms with Crippen molar-refractivity contribution >= 4 is 0 Å². The molecule has 0 unspecified atom stereocenters. The van der Waals surface area contributed by atoms with Crippen LogP contribution >= 0.6 is 0 Å². The predicted octanol–water partition coefficient (Wildman–Crippen LogP) is 0.992. The van der Waals surface area contributed by atoms with Crippen LogP contribution in [-0.2, 0) is 4.74 Å². The third-order valence-corrected chi connectivity index (χ3v) is 0.426. The van der Waals surface area contributed by atoms with Crippen LogP contribution in [0.1, 0.15) is 6.92 Å². The van der Waals surface area contributed by atoms with E-state index in [1.807, 2.05) is 6.92 Å². The van der Waals surface area contributed by atoms with E-state index in [9.17, 15) is 4.39 Å². The lowest BCUT2D eigenvalue weighted by atomic mass is 10.8. The Bertz CT molecular complexity index is 19.5. The van der Waals surface area contributed by atoms with E-state index in [1.54, 1.807) is 0 Å². The Labute approximate surface area is 37.1 Å². The zero-order valence-corrected chi connectivity index (χ0v) is 3.91. The van der Waals surface area contributed by atoms with Gasteiger partial charge in [-0.1, -0.05) is 0 Å². The van der Waals surface area contributed by atoms with Gasteiger partial charge in [-0.2, -0.15) is 0 Å². The summed E-state index contributed by atoms with van der Waals surface area (Å²) >= 11 is 0. The summed E-state index contributed by atoms with van der Waals surface area (Å²) in [5.74, 6) is 0. The first kappa shape index (κ1) is 5.89. The van der Waals surface area contributed by atoms with Crippen LogP contribution in [0.15, 0.2) is 0 Å². The van der Waals surface area contributed by atoms with Gasteiger partial charge < -0.3 is 4.74 Å². The fourth-order valence-electron chi connectivity index (χ4n) is 0.199. The molecule has 0 radical (unpaired) electrons. The molecule has 0 aliphatic carbocycles. The van der Waals surface area contributed by atoms with Crippen LogP contribution in [0, 0.1) is 0 Å². The molecule has 0 atom stereocenters. The molecule has 0 heterocycles. The van der Waals surface area contributed by atoms with Crippen molar-refractivity contribution < 1.29 is 9.13 Å². The lowest BCUT2D eigenvalue weighted by Crippen LogP contribution is -1.93. The van der Waals surface area contributed by atoms with Gasteiger partial charge >= 0.3 is 0 Å². The van der Waals surface area contributed by atoms with Crippen LogP contribution in [0.25, 0.3) is 0 Å². The number of halogens is 1. The lowest BCUT2D eigenvalue weighted by molar-refractivity contribution is 0.131. The monoisotopic (exact) mass is 92.1 g/mol. The van der Waals surface area contributed by atoms with Gasteiger partial charge in [0.05, 0.1) is 6.61 Å². The maximum Gasteiger partial charge on any atom is 0.113 e. The summed E-state index contributed by atoms with van der Waals surface area (Å²) in [5.41, 5.74) is 0. The van der Waals surface area contributed by atoms with E-state index in [4.69, 9.17) is 0 Å². The first-order valence-electron chi connectivity index (χ1n) is 2.05. The molecule has 0 saturated carbocycles. The Morgan fingerprint density at radius 3 is 2.50 bits per heavy atom. The molecular weight excluding hydrogens is 83.0 g/mol. The van der Waals surface area contributed by atoms with E-state index in [2.05, 4.69) is 4.74 Å². The topological polar surface area (TPSA) is 9.23 Å². The van der Waals surface area contributed by atoms with E-state index in [0.717, 1.165) is 0 Å². The summed E-state index contributed by atoms with van der Waals surface area (Å²) in [6.07, 6.45) is 0. The minimum atomic E-state index is -0.367. The Hall–Kier alpha value is -0.110. The van der Waals surface area contributed by atoms with Crippen molar-refractivity contribution in [1.82, 2.24) is 0 Å². The summed E-state index contributed by atoms with van der Waals surface area (Å²) in [6.45, 7) is 2.34. The highest BCUT2D eigenvalue weighted by molar-refractivity contribution is 4.19. The molecule has 0 aromatic carbocycles. The molecule has 0 bridgehead atoms. The molecule has 0 saturated heterocycles. The molecule has 0 spiro atoms. The molecule has 0 aromatic rings. The van der Waals surface area contributed by atoms with Gasteiger partial charge in [0.2, 0.25) is 0 Å². The van der Waals surface area contributed by atoms with Gasteiger partial charge in [0.15, 0.2) is 0 Å². The Morgan fingerprint density at radius 2 is 2.33 bits per heavy atom. The van der Waals surface area contributed by atoms with Crippen molar-refractivity contribution in [3.8, 4) is 0 Å². The van der Waals surface area contributed by atoms with Crippen LogP contribution in [0.2, 0.25) is 0 Å². The van der Waals surface area contributed by atoms with Crippen molar-refractivity contribution in [3.05, 3.63) is 0 Å². The first-order valence-corrected chi connectivity index (χ1v) is 2.05. The van der Waals surface area contributed by atoms with Crippen molar-refractivity contribution in [1.29, 1.82) is 0 Å². The van der Waals surface area contributed by atoms with Crippen molar-refractivity contribution in [2.75, 3.05) is 19.9 Å².